The number of benzene rings is 1. The average Bonchev–Trinajstić information content (AvgIpc) is 3.25. The number of nitrogens with one attached hydrogen (secondary N) is 1. The molecular weight excluding hydrogens is 354 g/mol. The topological polar surface area (TPSA) is 85.0 Å². The molecule has 1 atom stereocenters. The van der Waals surface area contributed by atoms with Gasteiger partial charge in [-0.1, -0.05) is 19.1 Å². The predicted molar refractivity (Wildman–Crippen MR) is 107 cm³/mol. The van der Waals surface area contributed by atoms with Crippen LogP contribution in [-0.4, -0.2) is 36.4 Å². The summed E-state index contributed by atoms with van der Waals surface area (Å²) in [7, 11) is 1.87. The van der Waals surface area contributed by atoms with Crippen LogP contribution < -0.4 is 5.32 Å². The molecule has 0 radical (unpaired) electrons. The van der Waals surface area contributed by atoms with Crippen molar-refractivity contribution in [2.24, 2.45) is 13.0 Å². The first-order chi connectivity index (χ1) is 13.5. The summed E-state index contributed by atoms with van der Waals surface area (Å²) in [5.74, 6) is 1.26. The lowest BCUT2D eigenvalue weighted by molar-refractivity contribution is -0.123. The van der Waals surface area contributed by atoms with E-state index in [0.717, 1.165) is 28.8 Å². The van der Waals surface area contributed by atoms with Gasteiger partial charge in [0.25, 0.3) is 0 Å². The van der Waals surface area contributed by atoms with E-state index in [2.05, 4.69) is 26.9 Å². The number of aliphatic hydroxyl groups is 1. The fourth-order valence-electron chi connectivity index (χ4n) is 4.08. The molecule has 1 fully saturated rings. The van der Waals surface area contributed by atoms with E-state index in [-0.39, 0.29) is 24.0 Å². The lowest BCUT2D eigenvalue weighted by atomic mass is 9.75. The number of nitrogens with zero attached hydrogens (tertiary/aromatic N) is 4. The van der Waals surface area contributed by atoms with Gasteiger partial charge in [-0.05, 0) is 30.9 Å². The summed E-state index contributed by atoms with van der Waals surface area (Å²) < 4.78 is 3.88. The van der Waals surface area contributed by atoms with Crippen molar-refractivity contribution in [1.29, 1.82) is 0 Å². The summed E-state index contributed by atoms with van der Waals surface area (Å²) in [5, 5.41) is 17.1. The van der Waals surface area contributed by atoms with Gasteiger partial charge in [0.2, 0.25) is 5.91 Å². The number of fused-ring (bicyclic) bond motifs is 1. The van der Waals surface area contributed by atoms with Crippen LogP contribution in [0.2, 0.25) is 0 Å². The fraction of sp³-hybridized carbons (Fsp3) is 0.476. The lowest BCUT2D eigenvalue weighted by Gasteiger charge is -2.37. The van der Waals surface area contributed by atoms with Gasteiger partial charge in [-0.3, -0.25) is 9.48 Å². The molecule has 7 heteroatoms. The molecule has 1 aliphatic carbocycles. The van der Waals surface area contributed by atoms with Gasteiger partial charge in [0, 0.05) is 38.2 Å². The molecule has 28 heavy (non-hydrogen) atoms. The number of carbonyl (C=O) groups excluding carboxylic acids is 1. The van der Waals surface area contributed by atoms with Crippen LogP contribution in [0.3, 0.4) is 0 Å². The van der Waals surface area contributed by atoms with Crippen LogP contribution in [0.15, 0.2) is 36.7 Å². The number of carbonyl (C=O) groups is 1. The smallest absolute Gasteiger partial charge is 0.222 e. The highest BCUT2D eigenvalue weighted by molar-refractivity contribution is 5.78. The van der Waals surface area contributed by atoms with Crippen molar-refractivity contribution < 1.29 is 9.90 Å². The average molecular weight is 381 g/mol. The minimum Gasteiger partial charge on any atom is -0.393 e. The second-order valence-electron chi connectivity index (χ2n) is 7.65. The molecule has 2 aromatic heterocycles. The zero-order valence-electron chi connectivity index (χ0n) is 16.4. The van der Waals surface area contributed by atoms with Crippen molar-refractivity contribution in [3.63, 3.8) is 0 Å². The zero-order valence-corrected chi connectivity index (χ0v) is 16.4. The monoisotopic (exact) mass is 381 g/mol. The molecule has 1 aromatic carbocycles. The van der Waals surface area contributed by atoms with Gasteiger partial charge < -0.3 is 15.0 Å². The minimum atomic E-state index is -0.259. The van der Waals surface area contributed by atoms with E-state index >= 15 is 0 Å². The second kappa shape index (κ2) is 7.75. The van der Waals surface area contributed by atoms with E-state index in [1.807, 2.05) is 37.5 Å². The van der Waals surface area contributed by atoms with Crippen LogP contribution in [0.5, 0.6) is 0 Å². The highest BCUT2D eigenvalue weighted by Gasteiger charge is 2.36. The molecule has 1 unspecified atom stereocenters. The van der Waals surface area contributed by atoms with E-state index in [1.54, 1.807) is 10.9 Å². The first kappa shape index (κ1) is 18.7. The van der Waals surface area contributed by atoms with Crippen LogP contribution in [0.25, 0.3) is 11.0 Å². The number of hydrogen-bond acceptors (Lipinski definition) is 4. The van der Waals surface area contributed by atoms with Gasteiger partial charge in [-0.25, -0.2) is 4.98 Å². The van der Waals surface area contributed by atoms with Crippen LogP contribution in [0.1, 0.15) is 43.6 Å². The molecule has 148 valence electrons. The molecule has 3 aromatic rings. The van der Waals surface area contributed by atoms with Crippen molar-refractivity contribution in [3.05, 3.63) is 48.0 Å². The number of aromatic nitrogens is 4. The summed E-state index contributed by atoms with van der Waals surface area (Å²) in [6.45, 7) is 2.68. The summed E-state index contributed by atoms with van der Waals surface area (Å²) in [4.78, 5) is 17.4. The quantitative estimate of drug-likeness (QED) is 0.658. The summed E-state index contributed by atoms with van der Waals surface area (Å²) >= 11 is 0. The Morgan fingerprint density at radius 2 is 2.14 bits per heavy atom. The van der Waals surface area contributed by atoms with Gasteiger partial charge in [-0.2, -0.15) is 5.10 Å². The van der Waals surface area contributed by atoms with E-state index in [0.29, 0.717) is 25.8 Å². The Labute approximate surface area is 164 Å². The molecular formula is C21H27N5O2. The van der Waals surface area contributed by atoms with E-state index in [9.17, 15) is 9.90 Å². The number of rotatable bonds is 7. The molecule has 1 amide bonds. The summed E-state index contributed by atoms with van der Waals surface area (Å²) in [6, 6.07) is 7.94. The first-order valence-electron chi connectivity index (χ1n) is 9.95. The standard InChI is InChI=1S/C21H27N5O2/c1-3-19-23-17-6-4-5-7-18(17)26(19)9-8-20(28)24-21(14-10-16(27)11-14)15-12-22-25(2)13-15/h4-7,12-14,16,21,27H,3,8-11H2,1-2H3,(H,24,28). The maximum absolute atomic E-state index is 12.8. The van der Waals surface area contributed by atoms with Crippen molar-refractivity contribution >= 4 is 16.9 Å². The molecule has 1 saturated carbocycles. The Kier molecular flexibility index (Phi) is 5.17. The zero-order chi connectivity index (χ0) is 19.7. The molecule has 0 bridgehead atoms. The van der Waals surface area contributed by atoms with Gasteiger partial charge in [0.1, 0.15) is 5.82 Å². The largest absolute Gasteiger partial charge is 0.393 e. The van der Waals surface area contributed by atoms with Gasteiger partial charge in [0.15, 0.2) is 0 Å². The molecule has 2 N–H and O–H groups in total. The Morgan fingerprint density at radius 1 is 1.36 bits per heavy atom. The highest BCUT2D eigenvalue weighted by atomic mass is 16.3. The maximum atomic E-state index is 12.8. The molecule has 0 aliphatic heterocycles. The van der Waals surface area contributed by atoms with E-state index < -0.39 is 0 Å². The van der Waals surface area contributed by atoms with Crippen LogP contribution in [-0.2, 0) is 24.8 Å². The summed E-state index contributed by atoms with van der Waals surface area (Å²) in [6.07, 6.45) is 6.12. The molecule has 0 spiro atoms. The number of hydrogen-bond donors (Lipinski definition) is 2. The van der Waals surface area contributed by atoms with Crippen molar-refractivity contribution in [3.8, 4) is 0 Å². The van der Waals surface area contributed by atoms with Gasteiger partial charge >= 0.3 is 0 Å². The first-order valence-corrected chi connectivity index (χ1v) is 9.95. The number of para-hydroxylation sites is 2. The number of imidazole rings is 1. The maximum Gasteiger partial charge on any atom is 0.222 e. The second-order valence-corrected chi connectivity index (χ2v) is 7.65. The van der Waals surface area contributed by atoms with Crippen molar-refractivity contribution in [2.75, 3.05) is 0 Å². The third-order valence-corrected chi connectivity index (χ3v) is 5.63. The van der Waals surface area contributed by atoms with E-state index in [4.69, 9.17) is 0 Å². The number of amides is 1. The number of aliphatic hydroxyl groups excluding tert-OH is 1. The Bertz CT molecular complexity index is 970. The summed E-state index contributed by atoms with van der Waals surface area (Å²) in [5.41, 5.74) is 3.03. The molecule has 2 heterocycles. The molecule has 4 rings (SSSR count). The third-order valence-electron chi connectivity index (χ3n) is 5.63. The highest BCUT2D eigenvalue weighted by Crippen LogP contribution is 2.38. The van der Waals surface area contributed by atoms with Gasteiger partial charge in [0.05, 0.1) is 29.4 Å². The molecule has 0 saturated heterocycles. The minimum absolute atomic E-state index is 0.00933. The Balaban J connectivity index is 1.46. The Hall–Kier alpha value is -2.67. The molecule has 7 nitrogen and oxygen atoms in total. The van der Waals surface area contributed by atoms with E-state index in [1.165, 1.54) is 0 Å². The Morgan fingerprint density at radius 3 is 2.82 bits per heavy atom. The van der Waals surface area contributed by atoms with Crippen molar-refractivity contribution in [1.82, 2.24) is 24.6 Å². The SMILES string of the molecule is CCc1nc2ccccc2n1CCC(=O)NC(c1cnn(C)c1)C1CC(O)C1. The predicted octanol–water partition coefficient (Wildman–Crippen LogP) is 2.35. The third kappa shape index (κ3) is 3.67. The van der Waals surface area contributed by atoms with Crippen LogP contribution in [0.4, 0.5) is 0 Å². The normalized spacial score (nSPS) is 20.1. The molecule has 1 aliphatic rings. The fourth-order valence-corrected chi connectivity index (χ4v) is 4.08. The lowest BCUT2D eigenvalue weighted by Crippen LogP contribution is -2.41. The van der Waals surface area contributed by atoms with Crippen LogP contribution >= 0.6 is 0 Å². The van der Waals surface area contributed by atoms with Gasteiger partial charge in [-0.15, -0.1) is 0 Å². The van der Waals surface area contributed by atoms with Crippen molar-refractivity contribution in [2.45, 2.75) is 51.3 Å². The van der Waals surface area contributed by atoms with Crippen LogP contribution in [0, 0.1) is 5.92 Å². The number of aryl methyl sites for hydroxylation is 3.